The average molecular weight is 238 g/mol. The van der Waals surface area contributed by atoms with E-state index in [-0.39, 0.29) is 11.3 Å². The van der Waals surface area contributed by atoms with E-state index in [4.69, 9.17) is 11.0 Å². The van der Waals surface area contributed by atoms with E-state index >= 15 is 0 Å². The number of nitrogen functional groups attached to an aromatic ring is 1. The second kappa shape index (κ2) is 4.54. The molecule has 1 unspecified atom stereocenters. The first kappa shape index (κ1) is 12.5. The number of anilines is 1. The van der Waals surface area contributed by atoms with Crippen LogP contribution in [0.3, 0.4) is 0 Å². The van der Waals surface area contributed by atoms with Gasteiger partial charge in [-0.15, -0.1) is 0 Å². The zero-order valence-electron chi connectivity index (χ0n) is 9.27. The molecule has 0 aliphatic carbocycles. The van der Waals surface area contributed by atoms with Gasteiger partial charge in [0.25, 0.3) is 0 Å². The molecule has 86 valence electrons. The van der Waals surface area contributed by atoms with Gasteiger partial charge in [-0.1, -0.05) is 6.92 Å². The van der Waals surface area contributed by atoms with Crippen molar-refractivity contribution in [2.24, 2.45) is 0 Å². The molecule has 0 aliphatic rings. The Balaban J connectivity index is 3.34. The second-order valence-electron chi connectivity index (χ2n) is 3.60. The Morgan fingerprint density at radius 2 is 2.12 bits per heavy atom. The molecule has 0 saturated heterocycles. The van der Waals surface area contributed by atoms with Gasteiger partial charge in [0.1, 0.15) is 0 Å². The Bertz CT molecular complexity index is 529. The monoisotopic (exact) mass is 238 g/mol. The molecular weight excluding hydrogens is 224 g/mol. The van der Waals surface area contributed by atoms with Crippen molar-refractivity contribution in [1.29, 1.82) is 5.26 Å². The number of hydrogen-bond acceptors (Lipinski definition) is 4. The molecule has 0 spiro atoms. The lowest BCUT2D eigenvalue weighted by Gasteiger charge is -2.11. The second-order valence-corrected chi connectivity index (χ2v) is 5.69. The molecule has 1 aromatic rings. The number of nitrogens with zero attached hydrogens (tertiary/aromatic N) is 1. The van der Waals surface area contributed by atoms with Gasteiger partial charge >= 0.3 is 0 Å². The summed E-state index contributed by atoms with van der Waals surface area (Å²) in [6, 6.07) is 6.40. The van der Waals surface area contributed by atoms with Crippen molar-refractivity contribution in [1.82, 2.24) is 0 Å². The van der Waals surface area contributed by atoms with E-state index in [0.29, 0.717) is 11.3 Å². The predicted molar refractivity (Wildman–Crippen MR) is 62.5 cm³/mol. The van der Waals surface area contributed by atoms with Crippen LogP contribution in [0.1, 0.15) is 18.9 Å². The maximum atomic E-state index is 12.1. The third-order valence-corrected chi connectivity index (χ3v) is 4.65. The molecule has 0 amide bonds. The molecule has 0 bridgehead atoms. The van der Waals surface area contributed by atoms with Crippen LogP contribution in [0.5, 0.6) is 0 Å². The Kier molecular flexibility index (Phi) is 3.55. The number of rotatable bonds is 3. The number of aryl methyl sites for hydroxylation is 1. The van der Waals surface area contributed by atoms with Gasteiger partial charge < -0.3 is 5.73 Å². The number of sulfone groups is 1. The van der Waals surface area contributed by atoms with E-state index in [1.54, 1.807) is 19.9 Å². The summed E-state index contributed by atoms with van der Waals surface area (Å²) in [5.74, 6) is 0. The molecule has 1 atom stereocenters. The van der Waals surface area contributed by atoms with Crippen molar-refractivity contribution in [2.75, 3.05) is 5.73 Å². The Hall–Kier alpha value is -1.54. The smallest absolute Gasteiger partial charge is 0.194 e. The number of benzene rings is 1. The van der Waals surface area contributed by atoms with E-state index in [0.717, 1.165) is 0 Å². The van der Waals surface area contributed by atoms with Crippen LogP contribution in [0.4, 0.5) is 5.69 Å². The predicted octanol–water partition coefficient (Wildman–Crippen LogP) is 1.65. The summed E-state index contributed by atoms with van der Waals surface area (Å²) in [4.78, 5) is 0.190. The third-order valence-electron chi connectivity index (χ3n) is 2.39. The van der Waals surface area contributed by atoms with Gasteiger partial charge in [-0.2, -0.15) is 5.26 Å². The lowest BCUT2D eigenvalue weighted by molar-refractivity contribution is 0.587. The zero-order chi connectivity index (χ0) is 12.3. The molecule has 0 heterocycles. The van der Waals surface area contributed by atoms with Crippen LogP contribution < -0.4 is 5.73 Å². The highest BCUT2D eigenvalue weighted by Crippen LogP contribution is 2.23. The molecule has 16 heavy (non-hydrogen) atoms. The van der Waals surface area contributed by atoms with Crippen LogP contribution in [-0.4, -0.2) is 13.7 Å². The fourth-order valence-electron chi connectivity index (χ4n) is 1.53. The first-order valence-electron chi connectivity index (χ1n) is 4.93. The molecule has 4 nitrogen and oxygen atoms in total. The largest absolute Gasteiger partial charge is 0.399 e. The van der Waals surface area contributed by atoms with Crippen LogP contribution in [0.2, 0.25) is 0 Å². The SMILES string of the molecule is CCC(C#N)S(=O)(=O)c1ccc(N)cc1C. The Labute approximate surface area is 95.6 Å². The van der Waals surface area contributed by atoms with Crippen molar-refractivity contribution in [3.05, 3.63) is 23.8 Å². The summed E-state index contributed by atoms with van der Waals surface area (Å²) in [6.07, 6.45) is 0.280. The van der Waals surface area contributed by atoms with Crippen LogP contribution in [0, 0.1) is 18.3 Å². The van der Waals surface area contributed by atoms with Crippen molar-refractivity contribution < 1.29 is 8.42 Å². The third kappa shape index (κ3) is 2.17. The Morgan fingerprint density at radius 1 is 1.50 bits per heavy atom. The summed E-state index contributed by atoms with van der Waals surface area (Å²) in [6.45, 7) is 3.35. The maximum Gasteiger partial charge on any atom is 0.194 e. The molecule has 5 heteroatoms. The van der Waals surface area contributed by atoms with Crippen molar-refractivity contribution in [3.8, 4) is 6.07 Å². The molecular formula is C11H14N2O2S. The minimum absolute atomic E-state index is 0.190. The zero-order valence-corrected chi connectivity index (χ0v) is 10.1. The molecule has 0 fully saturated rings. The first-order chi connectivity index (χ1) is 7.43. The van der Waals surface area contributed by atoms with Crippen LogP contribution in [-0.2, 0) is 9.84 Å². The molecule has 0 aromatic heterocycles. The highest BCUT2D eigenvalue weighted by atomic mass is 32.2. The van der Waals surface area contributed by atoms with Gasteiger partial charge in [-0.05, 0) is 37.1 Å². The first-order valence-corrected chi connectivity index (χ1v) is 6.47. The molecule has 2 N–H and O–H groups in total. The number of nitriles is 1. The summed E-state index contributed by atoms with van der Waals surface area (Å²) < 4.78 is 24.1. The van der Waals surface area contributed by atoms with E-state index in [1.807, 2.05) is 6.07 Å². The van der Waals surface area contributed by atoms with Gasteiger partial charge in [0, 0.05) is 5.69 Å². The van der Waals surface area contributed by atoms with Crippen LogP contribution >= 0.6 is 0 Å². The average Bonchev–Trinajstić information content (AvgIpc) is 2.18. The van der Waals surface area contributed by atoms with Gasteiger partial charge in [0.15, 0.2) is 15.1 Å². The highest BCUT2D eigenvalue weighted by Gasteiger charge is 2.27. The Morgan fingerprint density at radius 3 is 2.56 bits per heavy atom. The van der Waals surface area contributed by atoms with E-state index < -0.39 is 15.1 Å². The van der Waals surface area contributed by atoms with Gasteiger partial charge in [-0.25, -0.2) is 8.42 Å². The minimum atomic E-state index is -3.57. The van der Waals surface area contributed by atoms with Crippen molar-refractivity contribution in [2.45, 2.75) is 30.4 Å². The van der Waals surface area contributed by atoms with Crippen LogP contribution in [0.25, 0.3) is 0 Å². The highest BCUT2D eigenvalue weighted by molar-refractivity contribution is 7.92. The summed E-state index contributed by atoms with van der Waals surface area (Å²) in [5.41, 5.74) is 6.64. The van der Waals surface area contributed by atoms with Crippen molar-refractivity contribution in [3.63, 3.8) is 0 Å². The molecule has 1 rings (SSSR count). The summed E-state index contributed by atoms with van der Waals surface area (Å²) >= 11 is 0. The molecule has 0 aliphatic heterocycles. The minimum Gasteiger partial charge on any atom is -0.399 e. The standard InChI is InChI=1S/C11H14N2O2S/c1-3-10(7-12)16(14,15)11-5-4-9(13)6-8(11)2/h4-6,10H,3,13H2,1-2H3. The van der Waals surface area contributed by atoms with E-state index in [2.05, 4.69) is 0 Å². The fraction of sp³-hybridized carbons (Fsp3) is 0.364. The topological polar surface area (TPSA) is 84.0 Å². The molecule has 0 radical (unpaired) electrons. The number of hydrogen-bond donors (Lipinski definition) is 1. The van der Waals surface area contributed by atoms with E-state index in [1.165, 1.54) is 12.1 Å². The molecule has 1 aromatic carbocycles. The lowest BCUT2D eigenvalue weighted by atomic mass is 10.2. The molecule has 0 saturated carbocycles. The summed E-state index contributed by atoms with van der Waals surface area (Å²) in [7, 11) is -3.57. The van der Waals surface area contributed by atoms with E-state index in [9.17, 15) is 8.42 Å². The van der Waals surface area contributed by atoms with Gasteiger partial charge in [0.05, 0.1) is 11.0 Å². The lowest BCUT2D eigenvalue weighted by Crippen LogP contribution is -2.19. The number of nitrogens with two attached hydrogens (primary N) is 1. The normalized spacial score (nSPS) is 13.1. The quantitative estimate of drug-likeness (QED) is 0.811. The summed E-state index contributed by atoms with van der Waals surface area (Å²) in [5, 5.41) is 7.82. The maximum absolute atomic E-state index is 12.1. The fourth-order valence-corrected chi connectivity index (χ4v) is 3.17. The van der Waals surface area contributed by atoms with Gasteiger partial charge in [0.2, 0.25) is 0 Å². The van der Waals surface area contributed by atoms with Crippen molar-refractivity contribution >= 4 is 15.5 Å². The van der Waals surface area contributed by atoms with Gasteiger partial charge in [-0.3, -0.25) is 0 Å². The van der Waals surface area contributed by atoms with Crippen LogP contribution in [0.15, 0.2) is 23.1 Å².